The molecule has 1 aromatic carbocycles. The molecule has 120 valence electrons. The number of nitrogens with one attached hydrogen (secondary N) is 1. The zero-order valence-corrected chi connectivity index (χ0v) is 13.1. The van der Waals surface area contributed by atoms with Crippen molar-refractivity contribution in [2.75, 3.05) is 5.32 Å². The lowest BCUT2D eigenvalue weighted by molar-refractivity contribution is -0.138. The summed E-state index contributed by atoms with van der Waals surface area (Å²) in [6.07, 6.45) is 1.16. The van der Waals surface area contributed by atoms with Gasteiger partial charge in [0.1, 0.15) is 17.3 Å². The number of aryl methyl sites for hydroxylation is 1. The summed E-state index contributed by atoms with van der Waals surface area (Å²) in [5, 5.41) is 11.7. The zero-order chi connectivity index (χ0) is 16.8. The molecule has 0 radical (unpaired) electrons. The molecule has 1 aromatic heterocycles. The number of pyridine rings is 1. The quantitative estimate of drug-likeness (QED) is 0.842. The van der Waals surface area contributed by atoms with Gasteiger partial charge in [0.15, 0.2) is 0 Å². The van der Waals surface area contributed by atoms with E-state index in [1.54, 1.807) is 30.3 Å². The number of amides is 1. The third-order valence-electron chi connectivity index (χ3n) is 2.93. The first-order valence-corrected chi connectivity index (χ1v) is 7.23. The van der Waals surface area contributed by atoms with Crippen molar-refractivity contribution in [1.82, 2.24) is 4.98 Å². The maximum Gasteiger partial charge on any atom is 0.303 e. The van der Waals surface area contributed by atoms with Gasteiger partial charge in [0.25, 0.3) is 0 Å². The number of nitrogens with zero attached hydrogens (tertiary/aromatic N) is 1. The van der Waals surface area contributed by atoms with Crippen LogP contribution in [0, 0.1) is 6.92 Å². The number of carbonyl (C=O) groups excluding carboxylic acids is 1. The molecule has 7 heteroatoms. The molecule has 23 heavy (non-hydrogen) atoms. The highest BCUT2D eigenvalue weighted by atomic mass is 35.5. The minimum absolute atomic E-state index is 0.0980. The summed E-state index contributed by atoms with van der Waals surface area (Å²) in [5.74, 6) is 0.0891. The van der Waals surface area contributed by atoms with E-state index in [2.05, 4.69) is 10.3 Å². The molecule has 1 heterocycles. The number of halogens is 1. The fourth-order valence-electron chi connectivity index (χ4n) is 1.79. The van der Waals surface area contributed by atoms with Crippen molar-refractivity contribution in [3.63, 3.8) is 0 Å². The van der Waals surface area contributed by atoms with Crippen LogP contribution in [0.5, 0.6) is 11.5 Å². The lowest BCUT2D eigenvalue weighted by Gasteiger charge is -2.09. The summed E-state index contributed by atoms with van der Waals surface area (Å²) < 4.78 is 5.69. The van der Waals surface area contributed by atoms with Crippen molar-refractivity contribution in [1.29, 1.82) is 0 Å². The van der Waals surface area contributed by atoms with E-state index < -0.39 is 11.9 Å². The predicted molar refractivity (Wildman–Crippen MR) is 86.0 cm³/mol. The van der Waals surface area contributed by atoms with Crippen LogP contribution in [-0.4, -0.2) is 22.0 Å². The Labute approximate surface area is 138 Å². The largest absolute Gasteiger partial charge is 0.481 e. The number of hydrogen-bond donors (Lipinski definition) is 2. The van der Waals surface area contributed by atoms with Crippen LogP contribution in [0.3, 0.4) is 0 Å². The SMILES string of the molecule is Cc1cc(Cl)ccc1Oc1ccc(NC(=O)CCC(=O)O)nc1. The second kappa shape index (κ2) is 7.60. The topological polar surface area (TPSA) is 88.5 Å². The first-order chi connectivity index (χ1) is 10.9. The van der Waals surface area contributed by atoms with Gasteiger partial charge >= 0.3 is 5.97 Å². The van der Waals surface area contributed by atoms with Gasteiger partial charge in [-0.2, -0.15) is 0 Å². The standard InChI is InChI=1S/C16H15ClN2O4/c1-10-8-11(17)2-4-13(10)23-12-3-5-14(18-9-12)19-15(20)6-7-16(21)22/h2-5,8-9H,6-7H2,1H3,(H,21,22)(H,18,19,20). The number of anilines is 1. The van der Waals surface area contributed by atoms with Gasteiger partial charge in [-0.25, -0.2) is 4.98 Å². The van der Waals surface area contributed by atoms with Crippen LogP contribution in [0.1, 0.15) is 18.4 Å². The first kappa shape index (κ1) is 16.8. The highest BCUT2D eigenvalue weighted by molar-refractivity contribution is 6.30. The Morgan fingerprint density at radius 1 is 1.26 bits per heavy atom. The van der Waals surface area contributed by atoms with E-state index in [0.29, 0.717) is 22.3 Å². The molecule has 0 aliphatic rings. The van der Waals surface area contributed by atoms with E-state index in [1.807, 2.05) is 6.92 Å². The van der Waals surface area contributed by atoms with E-state index >= 15 is 0 Å². The van der Waals surface area contributed by atoms with Gasteiger partial charge in [0, 0.05) is 11.4 Å². The molecule has 6 nitrogen and oxygen atoms in total. The smallest absolute Gasteiger partial charge is 0.303 e. The van der Waals surface area contributed by atoms with E-state index in [9.17, 15) is 9.59 Å². The fourth-order valence-corrected chi connectivity index (χ4v) is 2.02. The molecule has 0 aliphatic carbocycles. The molecule has 0 fully saturated rings. The third kappa shape index (κ3) is 5.27. The van der Waals surface area contributed by atoms with Crippen molar-refractivity contribution in [2.24, 2.45) is 0 Å². The molecule has 0 saturated heterocycles. The maximum absolute atomic E-state index is 11.5. The number of carbonyl (C=O) groups is 2. The Kier molecular flexibility index (Phi) is 5.54. The molecule has 2 N–H and O–H groups in total. The summed E-state index contributed by atoms with van der Waals surface area (Å²) in [4.78, 5) is 26.0. The van der Waals surface area contributed by atoms with Crippen LogP contribution in [0.2, 0.25) is 5.02 Å². The van der Waals surface area contributed by atoms with Gasteiger partial charge in [-0.3, -0.25) is 9.59 Å². The lowest BCUT2D eigenvalue weighted by atomic mass is 10.2. The number of aromatic nitrogens is 1. The van der Waals surface area contributed by atoms with Gasteiger partial charge in [0.2, 0.25) is 5.91 Å². The molecule has 0 unspecified atom stereocenters. The van der Waals surface area contributed by atoms with Crippen molar-refractivity contribution >= 4 is 29.3 Å². The Hall–Kier alpha value is -2.60. The molecular weight excluding hydrogens is 320 g/mol. The molecule has 1 amide bonds. The Morgan fingerprint density at radius 2 is 2.04 bits per heavy atom. The number of hydrogen-bond acceptors (Lipinski definition) is 4. The summed E-state index contributed by atoms with van der Waals surface area (Å²) in [5.41, 5.74) is 0.892. The van der Waals surface area contributed by atoms with Crippen LogP contribution in [0.4, 0.5) is 5.82 Å². The second-order valence-corrected chi connectivity index (χ2v) is 5.27. The lowest BCUT2D eigenvalue weighted by Crippen LogP contribution is -2.13. The van der Waals surface area contributed by atoms with Crippen molar-refractivity contribution in [3.8, 4) is 11.5 Å². The Balaban J connectivity index is 1.96. The molecule has 0 saturated carbocycles. The summed E-state index contributed by atoms with van der Waals surface area (Å²) in [6, 6.07) is 8.53. The van der Waals surface area contributed by atoms with E-state index in [1.165, 1.54) is 6.20 Å². The molecular formula is C16H15ClN2O4. The number of carboxylic acid groups (broad SMARTS) is 1. The minimum Gasteiger partial charge on any atom is -0.481 e. The van der Waals surface area contributed by atoms with Crippen molar-refractivity contribution in [3.05, 3.63) is 47.1 Å². The van der Waals surface area contributed by atoms with Crippen LogP contribution in [-0.2, 0) is 9.59 Å². The number of rotatable bonds is 6. The number of carboxylic acids is 1. The van der Waals surface area contributed by atoms with E-state index in [-0.39, 0.29) is 12.8 Å². The number of ether oxygens (including phenoxy) is 1. The van der Waals surface area contributed by atoms with Gasteiger partial charge in [-0.05, 0) is 42.8 Å². The highest BCUT2D eigenvalue weighted by Gasteiger charge is 2.07. The van der Waals surface area contributed by atoms with Gasteiger partial charge in [0.05, 0.1) is 12.6 Å². The van der Waals surface area contributed by atoms with Crippen molar-refractivity contribution in [2.45, 2.75) is 19.8 Å². The monoisotopic (exact) mass is 334 g/mol. The minimum atomic E-state index is -1.02. The molecule has 0 bridgehead atoms. The number of benzene rings is 1. The molecule has 0 aliphatic heterocycles. The summed E-state index contributed by atoms with van der Waals surface area (Å²) in [7, 11) is 0. The Morgan fingerprint density at radius 3 is 2.65 bits per heavy atom. The third-order valence-corrected chi connectivity index (χ3v) is 3.17. The fraction of sp³-hybridized carbons (Fsp3) is 0.188. The average Bonchev–Trinajstić information content (AvgIpc) is 2.50. The van der Waals surface area contributed by atoms with Crippen LogP contribution >= 0.6 is 11.6 Å². The Bertz CT molecular complexity index is 717. The first-order valence-electron chi connectivity index (χ1n) is 6.86. The molecule has 0 spiro atoms. The molecule has 2 rings (SSSR count). The average molecular weight is 335 g/mol. The molecule has 0 atom stereocenters. The van der Waals surface area contributed by atoms with Crippen LogP contribution < -0.4 is 10.1 Å². The summed E-state index contributed by atoms with van der Waals surface area (Å²) in [6.45, 7) is 1.88. The highest BCUT2D eigenvalue weighted by Crippen LogP contribution is 2.27. The predicted octanol–water partition coefficient (Wildman–Crippen LogP) is 3.64. The van der Waals surface area contributed by atoms with Gasteiger partial charge in [-0.1, -0.05) is 11.6 Å². The van der Waals surface area contributed by atoms with E-state index in [0.717, 1.165) is 5.56 Å². The van der Waals surface area contributed by atoms with Crippen LogP contribution in [0.15, 0.2) is 36.5 Å². The zero-order valence-electron chi connectivity index (χ0n) is 12.4. The van der Waals surface area contributed by atoms with Gasteiger partial charge in [-0.15, -0.1) is 0 Å². The second-order valence-electron chi connectivity index (χ2n) is 4.83. The van der Waals surface area contributed by atoms with E-state index in [4.69, 9.17) is 21.4 Å². The number of aliphatic carboxylic acids is 1. The maximum atomic E-state index is 11.5. The normalized spacial score (nSPS) is 10.2. The van der Waals surface area contributed by atoms with Crippen LogP contribution in [0.25, 0.3) is 0 Å². The molecule has 2 aromatic rings. The summed E-state index contributed by atoms with van der Waals surface area (Å²) >= 11 is 5.89. The van der Waals surface area contributed by atoms with Crippen molar-refractivity contribution < 1.29 is 19.4 Å². The van der Waals surface area contributed by atoms with Gasteiger partial charge < -0.3 is 15.2 Å².